The molecule has 1 unspecified atom stereocenters. The first-order valence-corrected chi connectivity index (χ1v) is 7.61. The highest BCUT2D eigenvalue weighted by atomic mass is 35.5. The van der Waals surface area contributed by atoms with E-state index in [0.29, 0.717) is 5.76 Å². The summed E-state index contributed by atoms with van der Waals surface area (Å²) in [6.07, 6.45) is 1.51. The molecule has 1 aromatic heterocycles. The van der Waals surface area contributed by atoms with E-state index >= 15 is 0 Å². The normalized spacial score (nSPS) is 17.7. The number of hydrogen-bond acceptors (Lipinski definition) is 4. The zero-order valence-electron chi connectivity index (χ0n) is 12.6. The van der Waals surface area contributed by atoms with E-state index in [-0.39, 0.29) is 28.5 Å². The predicted octanol–water partition coefficient (Wildman–Crippen LogP) is 3.95. The maximum Gasteiger partial charge on any atom is 0.294 e. The summed E-state index contributed by atoms with van der Waals surface area (Å²) in [5.41, 5.74) is 0.205. The number of ketones is 1. The van der Waals surface area contributed by atoms with Crippen molar-refractivity contribution in [3.63, 3.8) is 0 Å². The number of amides is 1. The summed E-state index contributed by atoms with van der Waals surface area (Å²) in [5, 5.41) is 10.0. The van der Waals surface area contributed by atoms with Gasteiger partial charge in [-0.05, 0) is 30.3 Å². The Hall–Kier alpha value is -2.60. The van der Waals surface area contributed by atoms with Gasteiger partial charge in [0.2, 0.25) is 0 Å². The molecule has 5 nitrogen and oxygen atoms in total. The van der Waals surface area contributed by atoms with E-state index in [1.54, 1.807) is 19.1 Å². The standard InChI is InChI=1S/C17H13ClFNO4/c1-2-12(21)14-15(13-4-3-7-24-13)20(17(23)16(14)22)9-5-6-11(19)10(18)8-9/h3-8,15,22H,2H2,1H3. The Kier molecular flexibility index (Phi) is 4.15. The largest absolute Gasteiger partial charge is 0.503 e. The Morgan fingerprint density at radius 1 is 1.42 bits per heavy atom. The highest BCUT2D eigenvalue weighted by Gasteiger charge is 2.45. The summed E-state index contributed by atoms with van der Waals surface area (Å²) in [7, 11) is 0. The Balaban J connectivity index is 2.16. The van der Waals surface area contributed by atoms with Gasteiger partial charge in [0.15, 0.2) is 11.5 Å². The molecule has 0 bridgehead atoms. The van der Waals surface area contributed by atoms with E-state index in [4.69, 9.17) is 16.0 Å². The van der Waals surface area contributed by atoms with Crippen molar-refractivity contribution in [1.29, 1.82) is 0 Å². The molecular formula is C17H13ClFNO4. The van der Waals surface area contributed by atoms with Crippen molar-refractivity contribution in [1.82, 2.24) is 0 Å². The van der Waals surface area contributed by atoms with Crippen LogP contribution in [0.4, 0.5) is 10.1 Å². The molecule has 124 valence electrons. The van der Waals surface area contributed by atoms with Crippen molar-refractivity contribution in [3.8, 4) is 0 Å². The maximum absolute atomic E-state index is 13.4. The van der Waals surface area contributed by atoms with Gasteiger partial charge in [0, 0.05) is 12.1 Å². The summed E-state index contributed by atoms with van der Waals surface area (Å²) >= 11 is 5.80. The molecule has 0 aliphatic carbocycles. The molecule has 1 N–H and O–H groups in total. The average molecular weight is 350 g/mol. The van der Waals surface area contributed by atoms with Gasteiger partial charge in [-0.15, -0.1) is 0 Å². The van der Waals surface area contributed by atoms with E-state index in [9.17, 15) is 19.1 Å². The number of furan rings is 1. The van der Waals surface area contributed by atoms with Crippen LogP contribution in [0.25, 0.3) is 0 Å². The topological polar surface area (TPSA) is 70.8 Å². The number of aliphatic hydroxyl groups excluding tert-OH is 1. The van der Waals surface area contributed by atoms with Crippen molar-refractivity contribution in [2.45, 2.75) is 19.4 Å². The molecule has 0 saturated carbocycles. The molecule has 0 fully saturated rings. The molecule has 3 rings (SSSR count). The highest BCUT2D eigenvalue weighted by Crippen LogP contribution is 2.42. The number of anilines is 1. The van der Waals surface area contributed by atoms with Crippen molar-refractivity contribution in [3.05, 3.63) is 64.5 Å². The smallest absolute Gasteiger partial charge is 0.294 e. The Labute approximate surface area is 141 Å². The van der Waals surface area contributed by atoms with Crippen LogP contribution < -0.4 is 4.90 Å². The van der Waals surface area contributed by atoms with Gasteiger partial charge in [-0.2, -0.15) is 0 Å². The third kappa shape index (κ3) is 2.49. The molecule has 0 spiro atoms. The van der Waals surface area contributed by atoms with Crippen LogP contribution in [0.2, 0.25) is 5.02 Å². The first kappa shape index (κ1) is 16.3. The third-order valence-electron chi connectivity index (χ3n) is 3.82. The summed E-state index contributed by atoms with van der Waals surface area (Å²) < 4.78 is 18.8. The summed E-state index contributed by atoms with van der Waals surface area (Å²) in [4.78, 5) is 25.9. The van der Waals surface area contributed by atoms with E-state index in [0.717, 1.165) is 6.07 Å². The molecule has 1 aliphatic heterocycles. The molecule has 0 radical (unpaired) electrons. The maximum atomic E-state index is 13.4. The lowest BCUT2D eigenvalue weighted by Crippen LogP contribution is -2.30. The van der Waals surface area contributed by atoms with Gasteiger partial charge in [-0.3, -0.25) is 14.5 Å². The Bertz CT molecular complexity index is 844. The first-order chi connectivity index (χ1) is 11.5. The van der Waals surface area contributed by atoms with Crippen LogP contribution in [-0.2, 0) is 9.59 Å². The fraction of sp³-hybridized carbons (Fsp3) is 0.176. The fourth-order valence-corrected chi connectivity index (χ4v) is 2.87. The van der Waals surface area contributed by atoms with Crippen LogP contribution in [0, 0.1) is 5.82 Å². The van der Waals surface area contributed by atoms with Gasteiger partial charge in [0.1, 0.15) is 17.6 Å². The summed E-state index contributed by atoms with van der Waals surface area (Å²) in [6.45, 7) is 1.63. The summed E-state index contributed by atoms with van der Waals surface area (Å²) in [6, 6.07) is 6.00. The molecule has 1 atom stereocenters. The Morgan fingerprint density at radius 2 is 2.17 bits per heavy atom. The zero-order valence-corrected chi connectivity index (χ0v) is 13.4. The lowest BCUT2D eigenvalue weighted by atomic mass is 9.99. The fourth-order valence-electron chi connectivity index (χ4n) is 2.70. The van der Waals surface area contributed by atoms with Gasteiger partial charge < -0.3 is 9.52 Å². The molecular weight excluding hydrogens is 337 g/mol. The minimum Gasteiger partial charge on any atom is -0.503 e. The first-order valence-electron chi connectivity index (χ1n) is 7.24. The van der Waals surface area contributed by atoms with Gasteiger partial charge in [0.05, 0.1) is 16.9 Å². The number of hydrogen-bond donors (Lipinski definition) is 1. The molecule has 2 heterocycles. The van der Waals surface area contributed by atoms with Crippen molar-refractivity contribution in [2.24, 2.45) is 0 Å². The van der Waals surface area contributed by atoms with Crippen molar-refractivity contribution < 1.29 is 23.5 Å². The van der Waals surface area contributed by atoms with Gasteiger partial charge in [-0.25, -0.2) is 4.39 Å². The highest BCUT2D eigenvalue weighted by molar-refractivity contribution is 6.31. The minimum absolute atomic E-state index is 0.0436. The second kappa shape index (κ2) is 6.13. The predicted molar refractivity (Wildman–Crippen MR) is 85.3 cm³/mol. The molecule has 2 aromatic rings. The second-order valence-electron chi connectivity index (χ2n) is 5.23. The van der Waals surface area contributed by atoms with E-state index in [1.807, 2.05) is 0 Å². The van der Waals surface area contributed by atoms with Crippen LogP contribution in [-0.4, -0.2) is 16.8 Å². The molecule has 0 saturated heterocycles. The Morgan fingerprint density at radius 3 is 2.75 bits per heavy atom. The second-order valence-corrected chi connectivity index (χ2v) is 5.64. The number of nitrogens with zero attached hydrogens (tertiary/aromatic N) is 1. The minimum atomic E-state index is -0.929. The lowest BCUT2D eigenvalue weighted by Gasteiger charge is -2.25. The third-order valence-corrected chi connectivity index (χ3v) is 4.11. The number of benzene rings is 1. The van der Waals surface area contributed by atoms with Gasteiger partial charge in [-0.1, -0.05) is 18.5 Å². The number of Topliss-reactive ketones (excluding diaryl/α,β-unsaturated/α-hetero) is 1. The number of halogens is 2. The van der Waals surface area contributed by atoms with Gasteiger partial charge in [0.25, 0.3) is 5.91 Å². The molecule has 7 heteroatoms. The number of aliphatic hydroxyl groups is 1. The number of carbonyl (C=O) groups excluding carboxylic acids is 2. The van der Waals surface area contributed by atoms with E-state index < -0.39 is 23.5 Å². The van der Waals surface area contributed by atoms with Crippen LogP contribution in [0.1, 0.15) is 25.1 Å². The van der Waals surface area contributed by atoms with Crippen LogP contribution in [0.15, 0.2) is 52.3 Å². The zero-order chi connectivity index (χ0) is 17.4. The quantitative estimate of drug-likeness (QED) is 0.907. The van der Waals surface area contributed by atoms with Crippen LogP contribution in [0.3, 0.4) is 0 Å². The molecule has 1 amide bonds. The summed E-state index contributed by atoms with van der Waals surface area (Å²) in [5.74, 6) is -2.11. The molecule has 24 heavy (non-hydrogen) atoms. The van der Waals surface area contributed by atoms with Gasteiger partial charge >= 0.3 is 0 Å². The van der Waals surface area contributed by atoms with Crippen LogP contribution in [0.5, 0.6) is 0 Å². The van der Waals surface area contributed by atoms with Crippen molar-refractivity contribution in [2.75, 3.05) is 4.90 Å². The average Bonchev–Trinajstić information content (AvgIpc) is 3.17. The molecule has 1 aliphatic rings. The van der Waals surface area contributed by atoms with Crippen LogP contribution >= 0.6 is 11.6 Å². The van der Waals surface area contributed by atoms with Crippen molar-refractivity contribution >= 4 is 29.0 Å². The lowest BCUT2D eigenvalue weighted by molar-refractivity contribution is -0.118. The monoisotopic (exact) mass is 349 g/mol. The molecule has 1 aromatic carbocycles. The SMILES string of the molecule is CCC(=O)C1=C(O)C(=O)N(c2ccc(F)c(Cl)c2)C1c1ccco1. The van der Waals surface area contributed by atoms with E-state index in [2.05, 4.69) is 0 Å². The van der Waals surface area contributed by atoms with E-state index in [1.165, 1.54) is 23.3 Å². The number of rotatable bonds is 4. The number of carbonyl (C=O) groups is 2.